The summed E-state index contributed by atoms with van der Waals surface area (Å²) in [5, 5.41) is 3.01. The Balaban J connectivity index is 2.83. The lowest BCUT2D eigenvalue weighted by atomic mass is 9.90. The second-order valence-corrected chi connectivity index (χ2v) is 4.16. The summed E-state index contributed by atoms with van der Waals surface area (Å²) in [7, 11) is 0. The molecule has 1 amide bonds. The van der Waals surface area contributed by atoms with Gasteiger partial charge in [0.1, 0.15) is 0 Å². The Morgan fingerprint density at radius 1 is 1.29 bits per heavy atom. The Hall–Kier alpha value is -0.790. The van der Waals surface area contributed by atoms with Crippen LogP contribution in [0.4, 0.5) is 0 Å². The number of nitrogens with one attached hydrogen (secondary N) is 1. The van der Waals surface area contributed by atoms with Gasteiger partial charge in [-0.05, 0) is 26.2 Å². The van der Waals surface area contributed by atoms with Gasteiger partial charge in [0.05, 0.1) is 0 Å². The van der Waals surface area contributed by atoms with Crippen LogP contribution in [0, 0.1) is 0 Å². The zero-order valence-electron chi connectivity index (χ0n) is 9.52. The molecule has 1 aliphatic rings. The molecule has 14 heavy (non-hydrogen) atoms. The summed E-state index contributed by atoms with van der Waals surface area (Å²) in [6, 6.07) is 0.324. The van der Waals surface area contributed by atoms with Gasteiger partial charge in [0.15, 0.2) is 0 Å². The Labute approximate surface area is 86.8 Å². The fourth-order valence-corrected chi connectivity index (χ4v) is 2.11. The molecule has 2 nitrogen and oxygen atoms in total. The summed E-state index contributed by atoms with van der Waals surface area (Å²) in [5.41, 5.74) is 2.46. The van der Waals surface area contributed by atoms with E-state index in [2.05, 4.69) is 26.1 Å². The van der Waals surface area contributed by atoms with Crippen LogP contribution in [0.15, 0.2) is 11.1 Å². The Morgan fingerprint density at radius 3 is 2.50 bits per heavy atom. The van der Waals surface area contributed by atoms with Crippen LogP contribution >= 0.6 is 0 Å². The Bertz CT molecular complexity index is 243. The van der Waals surface area contributed by atoms with E-state index in [4.69, 9.17) is 0 Å². The highest BCUT2D eigenvalue weighted by Crippen LogP contribution is 2.24. The zero-order chi connectivity index (χ0) is 10.6. The van der Waals surface area contributed by atoms with Crippen molar-refractivity contribution in [1.29, 1.82) is 0 Å². The van der Waals surface area contributed by atoms with Crippen molar-refractivity contribution in [2.75, 3.05) is 0 Å². The van der Waals surface area contributed by atoms with Gasteiger partial charge in [-0.3, -0.25) is 4.79 Å². The van der Waals surface area contributed by atoms with E-state index >= 15 is 0 Å². The van der Waals surface area contributed by atoms with Gasteiger partial charge in [0.25, 0.3) is 0 Å². The van der Waals surface area contributed by atoms with Gasteiger partial charge in [-0.15, -0.1) is 0 Å². The van der Waals surface area contributed by atoms with Crippen molar-refractivity contribution in [1.82, 2.24) is 5.32 Å². The van der Waals surface area contributed by atoms with Crippen LogP contribution in [0.25, 0.3) is 0 Å². The summed E-state index contributed by atoms with van der Waals surface area (Å²) in [6.45, 7) is 6.38. The van der Waals surface area contributed by atoms with Crippen molar-refractivity contribution in [2.45, 2.75) is 58.9 Å². The minimum absolute atomic E-state index is 0.175. The van der Waals surface area contributed by atoms with Gasteiger partial charge < -0.3 is 5.32 Å². The minimum atomic E-state index is 0.175. The molecule has 2 heteroatoms. The van der Waals surface area contributed by atoms with Crippen LogP contribution in [0.1, 0.15) is 52.9 Å². The van der Waals surface area contributed by atoms with E-state index in [1.807, 2.05) is 0 Å². The molecule has 80 valence electrons. The van der Waals surface area contributed by atoms with E-state index in [9.17, 15) is 4.79 Å². The van der Waals surface area contributed by atoms with Gasteiger partial charge in [-0.1, -0.05) is 32.3 Å². The van der Waals surface area contributed by atoms with E-state index in [-0.39, 0.29) is 5.91 Å². The minimum Gasteiger partial charge on any atom is -0.350 e. The third-order valence-electron chi connectivity index (χ3n) is 2.68. The third kappa shape index (κ3) is 2.60. The van der Waals surface area contributed by atoms with Crippen molar-refractivity contribution in [3.63, 3.8) is 0 Å². The topological polar surface area (TPSA) is 29.1 Å². The molecule has 0 radical (unpaired) electrons. The fourth-order valence-electron chi connectivity index (χ4n) is 2.11. The van der Waals surface area contributed by atoms with E-state index in [1.54, 1.807) is 0 Å². The first-order valence-electron chi connectivity index (χ1n) is 5.70. The second-order valence-electron chi connectivity index (χ2n) is 4.16. The first kappa shape index (κ1) is 11.3. The van der Waals surface area contributed by atoms with Crippen LogP contribution in [0.3, 0.4) is 0 Å². The smallest absolute Gasteiger partial charge is 0.247 e. The number of rotatable bonds is 4. The summed E-state index contributed by atoms with van der Waals surface area (Å²) in [4.78, 5) is 11.7. The molecular formula is C12H21NO. The molecule has 0 aromatic heterocycles. The summed E-state index contributed by atoms with van der Waals surface area (Å²) in [5.74, 6) is 0.175. The van der Waals surface area contributed by atoms with Crippen molar-refractivity contribution < 1.29 is 4.79 Å². The second kappa shape index (κ2) is 5.18. The van der Waals surface area contributed by atoms with Crippen molar-refractivity contribution >= 4 is 5.91 Å². The fraction of sp³-hybridized carbons (Fsp3) is 0.750. The van der Waals surface area contributed by atoms with E-state index < -0.39 is 0 Å². The number of hydrogen-bond donors (Lipinski definition) is 1. The molecule has 0 aromatic rings. The van der Waals surface area contributed by atoms with Gasteiger partial charge in [0, 0.05) is 11.6 Å². The summed E-state index contributed by atoms with van der Waals surface area (Å²) >= 11 is 0. The van der Waals surface area contributed by atoms with E-state index in [0.717, 1.165) is 37.7 Å². The van der Waals surface area contributed by atoms with Gasteiger partial charge in [-0.2, -0.15) is 0 Å². The van der Waals surface area contributed by atoms with Gasteiger partial charge in [0.2, 0.25) is 5.91 Å². The van der Waals surface area contributed by atoms with Gasteiger partial charge >= 0.3 is 0 Å². The molecule has 1 atom stereocenters. The maximum Gasteiger partial charge on any atom is 0.247 e. The lowest BCUT2D eigenvalue weighted by Gasteiger charge is -2.25. The van der Waals surface area contributed by atoms with Crippen molar-refractivity contribution in [3.05, 3.63) is 11.1 Å². The molecule has 0 aromatic carbocycles. The Kier molecular flexibility index (Phi) is 4.18. The quantitative estimate of drug-likeness (QED) is 0.734. The number of carbonyl (C=O) groups excluding carboxylic acids is 1. The van der Waals surface area contributed by atoms with Gasteiger partial charge in [-0.25, -0.2) is 0 Å². The molecule has 1 aliphatic heterocycles. The van der Waals surface area contributed by atoms with Crippen LogP contribution in [-0.4, -0.2) is 11.9 Å². The molecule has 1 unspecified atom stereocenters. The molecule has 0 bridgehead atoms. The lowest BCUT2D eigenvalue weighted by molar-refractivity contribution is -0.118. The average molecular weight is 195 g/mol. The third-order valence-corrected chi connectivity index (χ3v) is 2.68. The monoisotopic (exact) mass is 195 g/mol. The summed E-state index contributed by atoms with van der Waals surface area (Å²) in [6.07, 6.45) is 5.28. The number of amides is 1. The summed E-state index contributed by atoms with van der Waals surface area (Å²) < 4.78 is 0. The molecule has 0 aliphatic carbocycles. The molecule has 0 saturated heterocycles. The number of hydrogen-bond acceptors (Lipinski definition) is 1. The predicted molar refractivity (Wildman–Crippen MR) is 59.1 cm³/mol. The number of carbonyl (C=O) groups is 1. The lowest BCUT2D eigenvalue weighted by Crippen LogP contribution is -2.38. The molecule has 0 fully saturated rings. The maximum absolute atomic E-state index is 11.7. The largest absolute Gasteiger partial charge is 0.350 e. The Morgan fingerprint density at radius 2 is 1.93 bits per heavy atom. The predicted octanol–water partition coefficient (Wildman–Crippen LogP) is 2.79. The van der Waals surface area contributed by atoms with Crippen molar-refractivity contribution in [3.8, 4) is 0 Å². The first-order valence-corrected chi connectivity index (χ1v) is 5.70. The molecular weight excluding hydrogens is 174 g/mol. The van der Waals surface area contributed by atoms with Crippen LogP contribution in [0.5, 0.6) is 0 Å². The van der Waals surface area contributed by atoms with E-state index in [0.29, 0.717) is 6.04 Å². The average Bonchev–Trinajstić information content (AvgIpc) is 2.11. The highest BCUT2D eigenvalue weighted by molar-refractivity contribution is 5.95. The maximum atomic E-state index is 11.7. The standard InChI is InChI=1S/C12H21NO/c1-4-6-10-8-9(3)13-12(14)11(10)7-5-2/h9H,4-8H2,1-3H3,(H,13,14). The molecule has 1 rings (SSSR count). The zero-order valence-corrected chi connectivity index (χ0v) is 9.52. The molecule has 0 saturated carbocycles. The highest BCUT2D eigenvalue weighted by atomic mass is 16.1. The normalized spacial score (nSPS) is 22.5. The van der Waals surface area contributed by atoms with Crippen molar-refractivity contribution in [2.24, 2.45) is 0 Å². The van der Waals surface area contributed by atoms with E-state index in [1.165, 1.54) is 5.57 Å². The SMILES string of the molecule is CCCC1=C(CCC)C(=O)NC(C)C1. The molecule has 1 heterocycles. The molecule has 0 spiro atoms. The van der Waals surface area contributed by atoms with Crippen LogP contribution in [-0.2, 0) is 4.79 Å². The van der Waals surface area contributed by atoms with Crippen LogP contribution < -0.4 is 5.32 Å². The highest BCUT2D eigenvalue weighted by Gasteiger charge is 2.22. The first-order chi connectivity index (χ1) is 6.69. The van der Waals surface area contributed by atoms with Crippen LogP contribution in [0.2, 0.25) is 0 Å². The molecule has 1 N–H and O–H groups in total.